The maximum atomic E-state index is 8.49. The fourth-order valence-corrected chi connectivity index (χ4v) is 3.26. The summed E-state index contributed by atoms with van der Waals surface area (Å²) in [6, 6.07) is 0. The molecule has 0 aliphatic carbocycles. The molecule has 0 aromatic rings. The molecule has 0 atom stereocenters. The summed E-state index contributed by atoms with van der Waals surface area (Å²) >= 11 is 0. The molecule has 2 saturated heterocycles. The van der Waals surface area contributed by atoms with Gasteiger partial charge in [0.05, 0.1) is 0 Å². The molecule has 2 fully saturated rings. The monoisotopic (exact) mass is 728 g/mol. The Morgan fingerprint density at radius 1 is 0.325 bits per heavy atom. The zero-order valence-corrected chi connectivity index (χ0v) is 27.5. The molecule has 20 heteroatoms. The zero-order valence-electron chi connectivity index (χ0n) is 24.1. The molecule has 0 spiro atoms. The van der Waals surface area contributed by atoms with Crippen molar-refractivity contribution >= 4 is 0 Å². The second kappa shape index (κ2) is 30.0. The summed E-state index contributed by atoms with van der Waals surface area (Å²) in [4.78, 5) is 14.5. The van der Waals surface area contributed by atoms with E-state index in [2.05, 4.69) is 71.7 Å². The van der Waals surface area contributed by atoms with Crippen LogP contribution in [0.2, 0.25) is 0 Å². The minimum Gasteiger partial charge on any atom is -0.870 e. The van der Waals surface area contributed by atoms with Gasteiger partial charge in [-0.3, -0.25) is 0 Å². The minimum absolute atomic E-state index is 0. The van der Waals surface area contributed by atoms with Crippen molar-refractivity contribution in [2.24, 2.45) is 0 Å². The van der Waals surface area contributed by atoms with Crippen LogP contribution >= 0.6 is 0 Å². The molecule has 0 bridgehead atoms. The predicted molar refractivity (Wildman–Crippen MR) is 118 cm³/mol. The van der Waals surface area contributed by atoms with Gasteiger partial charge in [0.15, 0.2) is 0 Å². The van der Waals surface area contributed by atoms with Crippen LogP contribution < -0.4 is 37.3 Å². The molecule has 0 aromatic carbocycles. The van der Waals surface area contributed by atoms with E-state index in [1.807, 2.05) is 0 Å². The van der Waals surface area contributed by atoms with Crippen molar-refractivity contribution < 1.29 is 103 Å². The molecule has 2 radical (unpaired) electrons. The van der Waals surface area contributed by atoms with E-state index in [9.17, 15) is 0 Å². The van der Waals surface area contributed by atoms with E-state index in [4.69, 9.17) is 37.3 Å². The first-order chi connectivity index (χ1) is 16.4. The molecule has 2 N–H and O–H groups in total. The summed E-state index contributed by atoms with van der Waals surface area (Å²) in [5, 5.41) is 0. The van der Waals surface area contributed by atoms with Gasteiger partial charge in [-0.2, -0.15) is 0 Å². The van der Waals surface area contributed by atoms with E-state index < -0.39 is 20.5 Å². The van der Waals surface area contributed by atoms with Crippen LogP contribution in [0.1, 0.15) is 12.8 Å². The summed E-state index contributed by atoms with van der Waals surface area (Å²) in [6.07, 6.45) is 2.60. The Kier molecular flexibility index (Phi) is 40.2. The summed E-state index contributed by atoms with van der Waals surface area (Å²) < 4.78 is 67.9. The molecule has 254 valence electrons. The molecular formula is C20H48Cl2Cu2N6O10. The molecule has 0 aromatic heterocycles. The van der Waals surface area contributed by atoms with Gasteiger partial charge >= 0.3 is 34.1 Å². The molecule has 0 saturated carbocycles. The maximum Gasteiger partial charge on any atom is 2.00 e. The van der Waals surface area contributed by atoms with Gasteiger partial charge in [-0.1, -0.05) is 0 Å². The first-order valence-corrected chi connectivity index (χ1v) is 14.2. The van der Waals surface area contributed by atoms with Gasteiger partial charge in [0.25, 0.3) is 0 Å². The molecule has 16 nitrogen and oxygen atoms in total. The summed E-state index contributed by atoms with van der Waals surface area (Å²) in [6.45, 7) is 14.6. The van der Waals surface area contributed by atoms with Crippen molar-refractivity contribution in [2.45, 2.75) is 12.8 Å². The number of nitrogens with zero attached hydrogens (tertiary/aromatic N) is 6. The van der Waals surface area contributed by atoms with Crippen molar-refractivity contribution in [2.75, 3.05) is 121 Å². The first kappa shape index (κ1) is 53.5. The number of hydrogen-bond donors (Lipinski definition) is 0. The fourth-order valence-electron chi connectivity index (χ4n) is 3.26. The van der Waals surface area contributed by atoms with Crippen LogP contribution in [-0.4, -0.2) is 161 Å². The van der Waals surface area contributed by atoms with Crippen molar-refractivity contribution in [3.63, 3.8) is 0 Å². The molecule has 2 aliphatic heterocycles. The van der Waals surface area contributed by atoms with Crippen LogP contribution in [0.3, 0.4) is 0 Å². The van der Waals surface area contributed by atoms with Crippen molar-refractivity contribution in [3.05, 3.63) is 0 Å². The first-order valence-electron chi connectivity index (χ1n) is 11.7. The van der Waals surface area contributed by atoms with E-state index in [0.29, 0.717) is 0 Å². The largest absolute Gasteiger partial charge is 2.00 e. The van der Waals surface area contributed by atoms with E-state index in [-0.39, 0.29) is 45.1 Å². The van der Waals surface area contributed by atoms with Crippen LogP contribution in [0.25, 0.3) is 0 Å². The normalized spacial score (nSPS) is 19.9. The summed E-state index contributed by atoms with van der Waals surface area (Å²) in [7, 11) is 3.41. The average Bonchev–Trinajstić information content (AvgIpc) is 2.71. The van der Waals surface area contributed by atoms with Gasteiger partial charge in [-0.05, 0) is 81.3 Å². The SMILES string of the molecule is CN1CCCN(C)CCN(C)CC1.CN1CCCN(C)CCN(C)CC1.[Cu+2].[Cu+2].[O-][Cl+3]([O-])([O-])[O-].[O-][Cl+3]([O-])([O-])[O-].[OH-].[OH-]. The standard InChI is InChI=1S/2C10H23N3.2ClHO4.2Cu.2H2O/c2*1-11-5-4-6-12(2)8-10-13(3)9-7-11;2*2-1(3,4)5;;;;/h2*4-10H2,1-3H3;2*(H,2,3,4,5);;;2*1H2/q;;;;2*+2;;/p-4. The average molecular weight is 731 g/mol. The van der Waals surface area contributed by atoms with Gasteiger partial charge in [-0.15, -0.1) is 20.5 Å². The quantitative estimate of drug-likeness (QED) is 0.210. The predicted octanol–water partition coefficient (Wildman–Crippen LogP) is -9.50. The van der Waals surface area contributed by atoms with Gasteiger partial charge in [0, 0.05) is 52.4 Å². The molecule has 0 amide bonds. The third-order valence-electron chi connectivity index (χ3n) is 5.61. The van der Waals surface area contributed by atoms with E-state index >= 15 is 0 Å². The topological polar surface area (TPSA) is 264 Å². The second-order valence-corrected chi connectivity index (χ2v) is 10.8. The number of hydrogen-bond acceptors (Lipinski definition) is 16. The number of rotatable bonds is 0. The fraction of sp³-hybridized carbons (Fsp3) is 1.00. The Morgan fingerprint density at radius 2 is 0.425 bits per heavy atom. The number of likely N-dealkylation sites (N-methyl/N-ethyl adjacent to an activating group) is 6. The van der Waals surface area contributed by atoms with Crippen LogP contribution in [0, 0.1) is 20.5 Å². The molecule has 2 aliphatic rings. The van der Waals surface area contributed by atoms with E-state index in [1.165, 1.54) is 91.4 Å². The molecule has 2 rings (SSSR count). The Hall–Kier alpha value is 0.979. The van der Waals surface area contributed by atoms with E-state index in [0.717, 1.165) is 0 Å². The third-order valence-corrected chi connectivity index (χ3v) is 5.61. The molecule has 2 heterocycles. The van der Waals surface area contributed by atoms with Gasteiger partial charge in [0.2, 0.25) is 0 Å². The third kappa shape index (κ3) is 51.7. The van der Waals surface area contributed by atoms with Crippen LogP contribution in [0.15, 0.2) is 0 Å². The Labute approximate surface area is 265 Å². The Bertz CT molecular complexity index is 451. The summed E-state index contributed by atoms with van der Waals surface area (Å²) in [5.74, 6) is 0. The Morgan fingerprint density at radius 3 is 0.550 bits per heavy atom. The van der Waals surface area contributed by atoms with Crippen LogP contribution in [0.5, 0.6) is 0 Å². The maximum absolute atomic E-state index is 8.49. The van der Waals surface area contributed by atoms with Crippen LogP contribution in [-0.2, 0) is 34.1 Å². The van der Waals surface area contributed by atoms with Crippen LogP contribution in [0.4, 0.5) is 0 Å². The minimum atomic E-state index is -4.94. The zero-order chi connectivity index (χ0) is 28.4. The molecule has 0 unspecified atom stereocenters. The van der Waals surface area contributed by atoms with Crippen molar-refractivity contribution in [1.82, 2.24) is 29.4 Å². The molecular weight excluding hydrogens is 682 g/mol. The van der Waals surface area contributed by atoms with Gasteiger partial charge < -0.3 is 40.4 Å². The van der Waals surface area contributed by atoms with Gasteiger partial charge in [-0.25, -0.2) is 37.3 Å². The Balaban J connectivity index is -0.000000101. The van der Waals surface area contributed by atoms with Gasteiger partial charge in [0.1, 0.15) is 0 Å². The molecule has 40 heavy (non-hydrogen) atoms. The van der Waals surface area contributed by atoms with Crippen molar-refractivity contribution in [3.8, 4) is 0 Å². The van der Waals surface area contributed by atoms with Crippen molar-refractivity contribution in [1.29, 1.82) is 0 Å². The second-order valence-electron chi connectivity index (χ2n) is 9.28. The summed E-state index contributed by atoms with van der Waals surface area (Å²) in [5.41, 5.74) is 0. The number of halogens is 2. The van der Waals surface area contributed by atoms with E-state index in [1.54, 1.807) is 0 Å². The smallest absolute Gasteiger partial charge is 0.870 e.